The van der Waals surface area contributed by atoms with Crippen LogP contribution in [0.15, 0.2) is 34.8 Å². The van der Waals surface area contributed by atoms with Gasteiger partial charge in [-0.1, -0.05) is 46.0 Å². The molecule has 1 aromatic carbocycles. The van der Waals surface area contributed by atoms with Gasteiger partial charge in [0, 0.05) is 31.1 Å². The van der Waals surface area contributed by atoms with Gasteiger partial charge in [-0.3, -0.25) is 4.79 Å². The van der Waals surface area contributed by atoms with E-state index >= 15 is 0 Å². The van der Waals surface area contributed by atoms with Crippen molar-refractivity contribution in [3.63, 3.8) is 0 Å². The molecule has 0 radical (unpaired) electrons. The van der Waals surface area contributed by atoms with E-state index in [2.05, 4.69) is 12.2 Å². The molecule has 5 nitrogen and oxygen atoms in total. The Balaban J connectivity index is 2.19. The van der Waals surface area contributed by atoms with Crippen LogP contribution in [0.1, 0.15) is 65.7 Å². The Labute approximate surface area is 168 Å². The molecule has 0 atom stereocenters. The van der Waals surface area contributed by atoms with E-state index in [1.807, 2.05) is 38.1 Å². The molecule has 0 fully saturated rings. The summed E-state index contributed by atoms with van der Waals surface area (Å²) in [5.41, 5.74) is 1.24. The Bertz CT molecular complexity index is 868. The maximum atomic E-state index is 12.5. The molecule has 0 unspecified atom stereocenters. The number of anilines is 1. The monoisotopic (exact) mass is 386 g/mol. The van der Waals surface area contributed by atoms with Crippen LogP contribution in [0.2, 0.25) is 0 Å². The molecule has 0 aliphatic carbocycles. The zero-order chi connectivity index (χ0) is 20.5. The number of aromatic nitrogens is 1. The lowest BCUT2D eigenvalue weighted by Gasteiger charge is -2.16. The topological polar surface area (TPSA) is 63.5 Å². The molecular formula is C23H34N2O3. The van der Waals surface area contributed by atoms with Gasteiger partial charge in [0.15, 0.2) is 5.75 Å². The zero-order valence-electron chi connectivity index (χ0n) is 17.7. The van der Waals surface area contributed by atoms with Crippen LogP contribution in [0.3, 0.4) is 0 Å². The Kier molecular flexibility index (Phi) is 8.42. The molecule has 2 N–H and O–H groups in total. The van der Waals surface area contributed by atoms with Gasteiger partial charge in [-0.05, 0) is 37.6 Å². The highest BCUT2D eigenvalue weighted by molar-refractivity contribution is 5.90. The van der Waals surface area contributed by atoms with Crippen molar-refractivity contribution in [2.75, 3.05) is 11.9 Å². The third-order valence-corrected chi connectivity index (χ3v) is 5.09. The Hall–Kier alpha value is -2.43. The van der Waals surface area contributed by atoms with Gasteiger partial charge in [-0.15, -0.1) is 0 Å². The second-order valence-corrected chi connectivity index (χ2v) is 7.18. The standard InChI is InChI=1S/C23H34N2O3/c1-5-8-9-10-11-12-15-24-17-13-14-19-20(16-17)25(4)23(27)21(26)22(19)28-18(6-2)7-3/h6,13-14,16,24,26H,5,7-12,15H2,1-4H3. The summed E-state index contributed by atoms with van der Waals surface area (Å²) in [5.74, 6) is 0.598. The quantitative estimate of drug-likeness (QED) is 0.383. The van der Waals surface area contributed by atoms with Gasteiger partial charge in [-0.2, -0.15) is 0 Å². The molecule has 154 valence electrons. The molecule has 0 spiro atoms. The minimum atomic E-state index is -0.456. The van der Waals surface area contributed by atoms with Crippen molar-refractivity contribution in [3.8, 4) is 11.5 Å². The fraction of sp³-hybridized carbons (Fsp3) is 0.522. The van der Waals surface area contributed by atoms with Crippen LogP contribution in [0, 0.1) is 0 Å². The van der Waals surface area contributed by atoms with Gasteiger partial charge in [0.05, 0.1) is 11.3 Å². The average molecular weight is 387 g/mol. The summed E-state index contributed by atoms with van der Waals surface area (Å²) in [7, 11) is 1.67. The normalized spacial score (nSPS) is 11.8. The van der Waals surface area contributed by atoms with Gasteiger partial charge >= 0.3 is 0 Å². The van der Waals surface area contributed by atoms with E-state index < -0.39 is 5.56 Å². The van der Waals surface area contributed by atoms with E-state index in [4.69, 9.17) is 4.74 Å². The van der Waals surface area contributed by atoms with E-state index in [1.165, 1.54) is 36.7 Å². The number of rotatable bonds is 11. The molecule has 28 heavy (non-hydrogen) atoms. The zero-order valence-corrected chi connectivity index (χ0v) is 17.7. The number of hydrogen-bond donors (Lipinski definition) is 2. The summed E-state index contributed by atoms with van der Waals surface area (Å²) < 4.78 is 7.32. The first-order chi connectivity index (χ1) is 13.5. The van der Waals surface area contributed by atoms with Crippen LogP contribution >= 0.6 is 0 Å². The number of hydrogen-bond acceptors (Lipinski definition) is 4. The first kappa shape index (κ1) is 21.9. The smallest absolute Gasteiger partial charge is 0.296 e. The highest BCUT2D eigenvalue weighted by Gasteiger charge is 2.17. The lowest BCUT2D eigenvalue weighted by Crippen LogP contribution is -2.18. The Morgan fingerprint density at radius 2 is 1.89 bits per heavy atom. The predicted molar refractivity (Wildman–Crippen MR) is 117 cm³/mol. The minimum absolute atomic E-state index is 0.232. The highest BCUT2D eigenvalue weighted by Crippen LogP contribution is 2.34. The number of unbranched alkanes of at least 4 members (excludes halogenated alkanes) is 5. The number of allylic oxidation sites excluding steroid dienone is 2. The second kappa shape index (κ2) is 10.8. The van der Waals surface area contributed by atoms with Crippen molar-refractivity contribution in [2.45, 2.75) is 65.7 Å². The van der Waals surface area contributed by atoms with E-state index in [-0.39, 0.29) is 11.5 Å². The van der Waals surface area contributed by atoms with E-state index in [0.29, 0.717) is 6.42 Å². The maximum absolute atomic E-state index is 12.5. The van der Waals surface area contributed by atoms with Crippen LogP contribution < -0.4 is 15.6 Å². The van der Waals surface area contributed by atoms with Crippen molar-refractivity contribution in [3.05, 3.63) is 40.4 Å². The van der Waals surface area contributed by atoms with Gasteiger partial charge < -0.3 is 19.7 Å². The largest absolute Gasteiger partial charge is 0.500 e. The van der Waals surface area contributed by atoms with Crippen LogP contribution in [-0.2, 0) is 7.05 Å². The molecule has 0 aliphatic rings. The summed E-state index contributed by atoms with van der Waals surface area (Å²) in [6.07, 6.45) is 10.1. The third kappa shape index (κ3) is 5.31. The minimum Gasteiger partial charge on any atom is -0.500 e. The number of nitrogens with zero attached hydrogens (tertiary/aromatic N) is 1. The molecule has 0 saturated heterocycles. The molecule has 1 aromatic heterocycles. The number of ether oxygens (including phenoxy) is 1. The predicted octanol–water partition coefficient (Wildman–Crippen LogP) is 5.71. The molecule has 0 bridgehead atoms. The summed E-state index contributed by atoms with van der Waals surface area (Å²) in [4.78, 5) is 12.5. The van der Waals surface area contributed by atoms with Crippen molar-refractivity contribution in [1.82, 2.24) is 4.57 Å². The van der Waals surface area contributed by atoms with Gasteiger partial charge in [-0.25, -0.2) is 0 Å². The Morgan fingerprint density at radius 3 is 2.57 bits per heavy atom. The van der Waals surface area contributed by atoms with Crippen molar-refractivity contribution < 1.29 is 9.84 Å². The van der Waals surface area contributed by atoms with Gasteiger partial charge in [0.2, 0.25) is 5.75 Å². The molecule has 0 amide bonds. The number of nitrogens with one attached hydrogen (secondary N) is 1. The first-order valence-corrected chi connectivity index (χ1v) is 10.5. The molecule has 5 heteroatoms. The number of fused-ring (bicyclic) bond motifs is 1. The number of aromatic hydroxyl groups is 1. The van der Waals surface area contributed by atoms with Crippen molar-refractivity contribution in [2.24, 2.45) is 7.05 Å². The number of aryl methyl sites for hydroxylation is 1. The lowest BCUT2D eigenvalue weighted by molar-refractivity contribution is 0.370. The number of pyridine rings is 1. The van der Waals surface area contributed by atoms with Crippen LogP contribution in [-0.4, -0.2) is 16.2 Å². The Morgan fingerprint density at radius 1 is 1.18 bits per heavy atom. The van der Waals surface area contributed by atoms with Gasteiger partial charge in [0.1, 0.15) is 0 Å². The van der Waals surface area contributed by atoms with Crippen LogP contribution in [0.5, 0.6) is 11.5 Å². The van der Waals surface area contributed by atoms with E-state index in [9.17, 15) is 9.90 Å². The molecule has 2 rings (SSSR count). The van der Waals surface area contributed by atoms with E-state index in [1.54, 1.807) is 7.05 Å². The summed E-state index contributed by atoms with van der Waals surface area (Å²) in [6, 6.07) is 5.81. The SMILES string of the molecule is CC=C(CC)Oc1c(O)c(=O)n(C)c2cc(NCCCCCCCC)ccc12. The molecule has 0 aliphatic heterocycles. The fourth-order valence-electron chi connectivity index (χ4n) is 3.31. The third-order valence-electron chi connectivity index (χ3n) is 5.09. The average Bonchev–Trinajstić information content (AvgIpc) is 2.72. The molecule has 0 saturated carbocycles. The first-order valence-electron chi connectivity index (χ1n) is 10.5. The molecular weight excluding hydrogens is 352 g/mol. The van der Waals surface area contributed by atoms with Crippen molar-refractivity contribution in [1.29, 1.82) is 0 Å². The second-order valence-electron chi connectivity index (χ2n) is 7.18. The maximum Gasteiger partial charge on any atom is 0.296 e. The number of benzene rings is 1. The molecule has 1 heterocycles. The molecule has 2 aromatic rings. The summed E-state index contributed by atoms with van der Waals surface area (Å²) >= 11 is 0. The lowest BCUT2D eigenvalue weighted by atomic mass is 10.1. The van der Waals surface area contributed by atoms with Gasteiger partial charge in [0.25, 0.3) is 5.56 Å². The summed E-state index contributed by atoms with van der Waals surface area (Å²) in [6.45, 7) is 6.99. The van der Waals surface area contributed by atoms with E-state index in [0.717, 1.165) is 35.3 Å². The van der Waals surface area contributed by atoms with Crippen molar-refractivity contribution >= 4 is 16.6 Å². The highest BCUT2D eigenvalue weighted by atomic mass is 16.5. The van der Waals surface area contributed by atoms with Crippen LogP contribution in [0.4, 0.5) is 5.69 Å². The fourth-order valence-corrected chi connectivity index (χ4v) is 3.31. The summed E-state index contributed by atoms with van der Waals surface area (Å²) in [5, 5.41) is 14.5. The van der Waals surface area contributed by atoms with Crippen LogP contribution in [0.25, 0.3) is 10.9 Å².